The second kappa shape index (κ2) is 9.91. The van der Waals surface area contributed by atoms with E-state index in [1.54, 1.807) is 68.5 Å². The van der Waals surface area contributed by atoms with Gasteiger partial charge in [-0.1, -0.05) is 30.3 Å². The Hall–Kier alpha value is -3.41. The molecule has 140 valence electrons. The van der Waals surface area contributed by atoms with Gasteiger partial charge in [-0.15, -0.1) is 0 Å². The molecule has 0 saturated heterocycles. The molecule has 0 aromatic heterocycles. The number of carbonyl (C=O) groups is 3. The van der Waals surface area contributed by atoms with Gasteiger partial charge < -0.3 is 15.4 Å². The van der Waals surface area contributed by atoms with Crippen LogP contribution in [-0.4, -0.2) is 30.4 Å². The molecule has 0 bridgehead atoms. The Balaban J connectivity index is 1.89. The fourth-order valence-corrected chi connectivity index (χ4v) is 2.22. The molecule has 0 aliphatic rings. The van der Waals surface area contributed by atoms with Crippen molar-refractivity contribution in [3.05, 3.63) is 71.8 Å². The first-order valence-electron chi connectivity index (χ1n) is 8.61. The Morgan fingerprint density at radius 2 is 1.70 bits per heavy atom. The van der Waals surface area contributed by atoms with Crippen molar-refractivity contribution >= 4 is 29.5 Å². The maximum atomic E-state index is 12.3. The molecule has 0 radical (unpaired) electrons. The van der Waals surface area contributed by atoms with Gasteiger partial charge in [0.05, 0.1) is 6.61 Å². The van der Waals surface area contributed by atoms with Gasteiger partial charge in [-0.2, -0.15) is 0 Å². The average molecular weight is 366 g/mol. The van der Waals surface area contributed by atoms with Crippen LogP contribution in [0.5, 0.6) is 0 Å². The first kappa shape index (κ1) is 19.9. The van der Waals surface area contributed by atoms with Crippen LogP contribution in [-0.2, 0) is 14.3 Å². The zero-order chi connectivity index (χ0) is 19.6. The molecule has 2 aromatic carbocycles. The second-order valence-electron chi connectivity index (χ2n) is 5.76. The Labute approximate surface area is 158 Å². The summed E-state index contributed by atoms with van der Waals surface area (Å²) in [5, 5.41) is 5.40. The van der Waals surface area contributed by atoms with Crippen molar-refractivity contribution in [2.45, 2.75) is 19.9 Å². The minimum Gasteiger partial charge on any atom is -0.463 e. The summed E-state index contributed by atoms with van der Waals surface area (Å²) >= 11 is 0. The van der Waals surface area contributed by atoms with Gasteiger partial charge in [0.25, 0.3) is 5.91 Å². The molecule has 0 aliphatic heterocycles. The Morgan fingerprint density at radius 3 is 2.33 bits per heavy atom. The van der Waals surface area contributed by atoms with Crippen molar-refractivity contribution in [1.82, 2.24) is 5.32 Å². The number of benzene rings is 2. The van der Waals surface area contributed by atoms with E-state index in [1.165, 1.54) is 6.08 Å². The zero-order valence-corrected chi connectivity index (χ0v) is 15.3. The maximum Gasteiger partial charge on any atom is 0.330 e. The summed E-state index contributed by atoms with van der Waals surface area (Å²) in [4.78, 5) is 35.6. The monoisotopic (exact) mass is 366 g/mol. The van der Waals surface area contributed by atoms with Gasteiger partial charge >= 0.3 is 5.97 Å². The van der Waals surface area contributed by atoms with E-state index in [1.807, 2.05) is 6.07 Å². The van der Waals surface area contributed by atoms with Crippen LogP contribution < -0.4 is 10.6 Å². The Kier molecular flexibility index (Phi) is 7.31. The summed E-state index contributed by atoms with van der Waals surface area (Å²) in [5.41, 5.74) is 1.88. The third-order valence-corrected chi connectivity index (χ3v) is 3.65. The molecule has 6 heteroatoms. The highest BCUT2D eigenvalue weighted by Gasteiger charge is 2.16. The predicted octanol–water partition coefficient (Wildman–Crippen LogP) is 3.02. The van der Waals surface area contributed by atoms with Crippen LogP contribution in [0.15, 0.2) is 60.7 Å². The van der Waals surface area contributed by atoms with Crippen molar-refractivity contribution in [2.24, 2.45) is 0 Å². The molecule has 0 fully saturated rings. The first-order chi connectivity index (χ1) is 13.0. The van der Waals surface area contributed by atoms with E-state index in [-0.39, 0.29) is 11.8 Å². The number of hydrogen-bond acceptors (Lipinski definition) is 4. The molecule has 2 rings (SSSR count). The third-order valence-electron chi connectivity index (χ3n) is 3.65. The van der Waals surface area contributed by atoms with Gasteiger partial charge in [-0.3, -0.25) is 9.59 Å². The first-order valence-corrected chi connectivity index (χ1v) is 8.61. The van der Waals surface area contributed by atoms with E-state index in [0.29, 0.717) is 17.9 Å². The lowest BCUT2D eigenvalue weighted by atomic mass is 10.1. The van der Waals surface area contributed by atoms with E-state index in [9.17, 15) is 14.4 Å². The van der Waals surface area contributed by atoms with Gasteiger partial charge in [0, 0.05) is 17.3 Å². The minimum absolute atomic E-state index is 0.308. The molecular formula is C21H22N2O4. The SMILES string of the molecule is CCOC(=O)/C=C/c1ccc(NC(=O)C(C)NC(=O)c2ccccc2)cc1. The summed E-state index contributed by atoms with van der Waals surface area (Å²) in [6.45, 7) is 3.69. The van der Waals surface area contributed by atoms with E-state index in [2.05, 4.69) is 10.6 Å². The van der Waals surface area contributed by atoms with Crippen molar-refractivity contribution in [2.75, 3.05) is 11.9 Å². The zero-order valence-electron chi connectivity index (χ0n) is 15.3. The summed E-state index contributed by atoms with van der Waals surface area (Å²) in [5.74, 6) is -1.04. The van der Waals surface area contributed by atoms with Gasteiger partial charge in [0.2, 0.25) is 5.91 Å². The quantitative estimate of drug-likeness (QED) is 0.583. The molecule has 1 unspecified atom stereocenters. The second-order valence-corrected chi connectivity index (χ2v) is 5.76. The van der Waals surface area contributed by atoms with Crippen molar-refractivity contribution in [3.8, 4) is 0 Å². The standard InChI is InChI=1S/C21H22N2O4/c1-3-27-19(24)14-11-16-9-12-18(13-10-16)23-20(25)15(2)22-21(26)17-7-5-4-6-8-17/h4-15H,3H2,1-2H3,(H,22,26)(H,23,25)/b14-11+. The van der Waals surface area contributed by atoms with Crippen LogP contribution in [0.3, 0.4) is 0 Å². The largest absolute Gasteiger partial charge is 0.463 e. The lowest BCUT2D eigenvalue weighted by molar-refractivity contribution is -0.137. The van der Waals surface area contributed by atoms with Gasteiger partial charge in [0.1, 0.15) is 6.04 Å². The normalized spacial score (nSPS) is 11.6. The molecule has 0 aliphatic carbocycles. The summed E-state index contributed by atoms with van der Waals surface area (Å²) in [6, 6.07) is 15.0. The van der Waals surface area contributed by atoms with Crippen LogP contribution in [0.25, 0.3) is 6.08 Å². The van der Waals surface area contributed by atoms with Crippen LogP contribution in [0.4, 0.5) is 5.69 Å². The van der Waals surface area contributed by atoms with Crippen LogP contribution in [0.2, 0.25) is 0 Å². The highest BCUT2D eigenvalue weighted by Crippen LogP contribution is 2.11. The van der Waals surface area contributed by atoms with Crippen LogP contribution in [0.1, 0.15) is 29.8 Å². The molecule has 0 heterocycles. The van der Waals surface area contributed by atoms with Gasteiger partial charge in [0.15, 0.2) is 0 Å². The number of nitrogens with one attached hydrogen (secondary N) is 2. The highest BCUT2D eigenvalue weighted by atomic mass is 16.5. The molecule has 0 spiro atoms. The minimum atomic E-state index is -0.693. The number of esters is 1. The molecule has 27 heavy (non-hydrogen) atoms. The number of carbonyl (C=O) groups excluding carboxylic acids is 3. The number of anilines is 1. The number of ether oxygens (including phenoxy) is 1. The molecular weight excluding hydrogens is 344 g/mol. The molecule has 6 nitrogen and oxygen atoms in total. The van der Waals surface area contributed by atoms with Crippen molar-refractivity contribution in [3.63, 3.8) is 0 Å². The average Bonchev–Trinajstić information content (AvgIpc) is 2.68. The predicted molar refractivity (Wildman–Crippen MR) is 104 cm³/mol. The number of hydrogen-bond donors (Lipinski definition) is 2. The van der Waals surface area contributed by atoms with E-state index < -0.39 is 12.0 Å². The van der Waals surface area contributed by atoms with E-state index in [4.69, 9.17) is 4.74 Å². The lowest BCUT2D eigenvalue weighted by Crippen LogP contribution is -2.41. The summed E-state index contributed by atoms with van der Waals surface area (Å²) in [7, 11) is 0. The van der Waals surface area contributed by atoms with Crippen LogP contribution >= 0.6 is 0 Å². The molecule has 2 N–H and O–H groups in total. The topological polar surface area (TPSA) is 84.5 Å². The summed E-state index contributed by atoms with van der Waals surface area (Å²) < 4.78 is 4.81. The molecule has 2 aromatic rings. The molecule has 1 atom stereocenters. The molecule has 0 saturated carbocycles. The lowest BCUT2D eigenvalue weighted by Gasteiger charge is -2.14. The molecule has 2 amide bonds. The highest BCUT2D eigenvalue weighted by molar-refractivity contribution is 6.01. The van der Waals surface area contributed by atoms with Crippen LogP contribution in [0, 0.1) is 0 Å². The van der Waals surface area contributed by atoms with E-state index in [0.717, 1.165) is 5.56 Å². The number of amides is 2. The van der Waals surface area contributed by atoms with Gasteiger partial charge in [-0.25, -0.2) is 4.79 Å². The van der Waals surface area contributed by atoms with E-state index >= 15 is 0 Å². The fourth-order valence-electron chi connectivity index (χ4n) is 2.22. The van der Waals surface area contributed by atoms with Crippen molar-refractivity contribution < 1.29 is 19.1 Å². The maximum absolute atomic E-state index is 12.3. The smallest absolute Gasteiger partial charge is 0.330 e. The Morgan fingerprint density at radius 1 is 1.04 bits per heavy atom. The summed E-state index contributed by atoms with van der Waals surface area (Å²) in [6.07, 6.45) is 2.98. The van der Waals surface area contributed by atoms with Crippen molar-refractivity contribution in [1.29, 1.82) is 0 Å². The number of rotatable bonds is 7. The third kappa shape index (κ3) is 6.43. The Bertz CT molecular complexity index is 814. The van der Waals surface area contributed by atoms with Gasteiger partial charge in [-0.05, 0) is 49.8 Å². The fraction of sp³-hybridized carbons (Fsp3) is 0.190.